The first-order valence-electron chi connectivity index (χ1n) is 6.03. The van der Waals surface area contributed by atoms with Gasteiger partial charge in [0.2, 0.25) is 5.91 Å². The van der Waals surface area contributed by atoms with Gasteiger partial charge >= 0.3 is 0 Å². The predicted octanol–water partition coefficient (Wildman–Crippen LogP) is 2.76. The van der Waals surface area contributed by atoms with Gasteiger partial charge < -0.3 is 11.1 Å². The molecule has 2 aromatic rings. The number of rotatable bonds is 3. The maximum Gasteiger partial charge on any atom is 0.231 e. The second kappa shape index (κ2) is 4.78. The molecule has 3 nitrogen and oxygen atoms in total. The molecule has 0 heterocycles. The summed E-state index contributed by atoms with van der Waals surface area (Å²) in [6.45, 7) is 4.00. The molecule has 0 aliphatic carbocycles. The van der Waals surface area contributed by atoms with Crippen molar-refractivity contribution in [2.45, 2.75) is 13.8 Å². The molecular weight excluding hydrogens is 224 g/mol. The topological polar surface area (TPSA) is 55.1 Å². The van der Waals surface area contributed by atoms with Gasteiger partial charge in [0.05, 0.1) is 5.41 Å². The highest BCUT2D eigenvalue weighted by atomic mass is 16.2. The summed E-state index contributed by atoms with van der Waals surface area (Å²) in [7, 11) is 0. The Morgan fingerprint density at radius 3 is 2.50 bits per heavy atom. The molecule has 0 bridgehead atoms. The summed E-state index contributed by atoms with van der Waals surface area (Å²) in [4.78, 5) is 12.0. The Labute approximate surface area is 107 Å². The maximum atomic E-state index is 12.0. The van der Waals surface area contributed by atoms with E-state index in [4.69, 9.17) is 5.73 Å². The smallest absolute Gasteiger partial charge is 0.231 e. The first-order valence-corrected chi connectivity index (χ1v) is 6.03. The molecule has 2 rings (SSSR count). The molecule has 2 aromatic carbocycles. The van der Waals surface area contributed by atoms with E-state index in [1.165, 1.54) is 0 Å². The van der Waals surface area contributed by atoms with E-state index in [1.807, 2.05) is 56.3 Å². The van der Waals surface area contributed by atoms with Gasteiger partial charge in [0.25, 0.3) is 0 Å². The minimum Gasteiger partial charge on any atom is -0.329 e. The SMILES string of the molecule is CC(C)(CN)C(=O)Nc1ccc2ccccc2c1. The van der Waals surface area contributed by atoms with Crippen LogP contribution in [0.1, 0.15) is 13.8 Å². The average molecular weight is 242 g/mol. The van der Waals surface area contributed by atoms with E-state index >= 15 is 0 Å². The van der Waals surface area contributed by atoms with E-state index in [-0.39, 0.29) is 5.91 Å². The number of hydrogen-bond donors (Lipinski definition) is 2. The van der Waals surface area contributed by atoms with Crippen LogP contribution in [-0.2, 0) is 4.79 Å². The van der Waals surface area contributed by atoms with Crippen LogP contribution >= 0.6 is 0 Å². The van der Waals surface area contributed by atoms with E-state index in [0.717, 1.165) is 16.5 Å². The first kappa shape index (κ1) is 12.6. The zero-order valence-electron chi connectivity index (χ0n) is 10.7. The second-order valence-corrected chi connectivity index (χ2v) is 5.10. The third-order valence-corrected chi connectivity index (χ3v) is 3.13. The molecule has 0 aliphatic heterocycles. The summed E-state index contributed by atoms with van der Waals surface area (Å²) in [5, 5.41) is 5.18. The van der Waals surface area contributed by atoms with Crippen LogP contribution in [0.3, 0.4) is 0 Å². The number of anilines is 1. The van der Waals surface area contributed by atoms with Crippen molar-refractivity contribution in [3.63, 3.8) is 0 Å². The molecule has 0 unspecified atom stereocenters. The molecule has 0 spiro atoms. The van der Waals surface area contributed by atoms with Crippen LogP contribution in [0.25, 0.3) is 10.8 Å². The molecule has 0 fully saturated rings. The monoisotopic (exact) mass is 242 g/mol. The van der Waals surface area contributed by atoms with Gasteiger partial charge in [-0.1, -0.05) is 30.3 Å². The van der Waals surface area contributed by atoms with Crippen molar-refractivity contribution in [1.29, 1.82) is 0 Å². The van der Waals surface area contributed by atoms with E-state index in [1.54, 1.807) is 0 Å². The maximum absolute atomic E-state index is 12.0. The highest BCUT2D eigenvalue weighted by Crippen LogP contribution is 2.21. The molecular formula is C15H18N2O. The Morgan fingerprint density at radius 1 is 1.17 bits per heavy atom. The van der Waals surface area contributed by atoms with Gasteiger partial charge in [-0.2, -0.15) is 0 Å². The van der Waals surface area contributed by atoms with Crippen molar-refractivity contribution in [3.05, 3.63) is 42.5 Å². The Balaban J connectivity index is 2.25. The normalized spacial score (nSPS) is 11.5. The summed E-state index contributed by atoms with van der Waals surface area (Å²) in [5.74, 6) is -0.0553. The molecule has 0 atom stereocenters. The van der Waals surface area contributed by atoms with E-state index in [0.29, 0.717) is 6.54 Å². The third kappa shape index (κ3) is 2.51. The zero-order chi connectivity index (χ0) is 13.2. The molecule has 18 heavy (non-hydrogen) atoms. The Bertz CT molecular complexity index is 575. The van der Waals surface area contributed by atoms with Crippen LogP contribution in [0.15, 0.2) is 42.5 Å². The second-order valence-electron chi connectivity index (χ2n) is 5.10. The molecule has 0 aromatic heterocycles. The fraction of sp³-hybridized carbons (Fsp3) is 0.267. The van der Waals surface area contributed by atoms with E-state index in [2.05, 4.69) is 5.32 Å². The van der Waals surface area contributed by atoms with Crippen molar-refractivity contribution in [2.24, 2.45) is 11.1 Å². The Hall–Kier alpha value is -1.87. The van der Waals surface area contributed by atoms with Crippen LogP contribution < -0.4 is 11.1 Å². The van der Waals surface area contributed by atoms with Crippen molar-refractivity contribution >= 4 is 22.4 Å². The zero-order valence-corrected chi connectivity index (χ0v) is 10.7. The van der Waals surface area contributed by atoms with Crippen LogP contribution in [0.4, 0.5) is 5.69 Å². The summed E-state index contributed by atoms with van der Waals surface area (Å²) in [6, 6.07) is 13.9. The molecule has 3 heteroatoms. The van der Waals surface area contributed by atoms with Crippen LogP contribution in [-0.4, -0.2) is 12.5 Å². The minimum absolute atomic E-state index is 0.0553. The molecule has 94 valence electrons. The quantitative estimate of drug-likeness (QED) is 0.869. The number of hydrogen-bond acceptors (Lipinski definition) is 2. The molecule has 0 aliphatic rings. The van der Waals surface area contributed by atoms with Crippen molar-refractivity contribution in [1.82, 2.24) is 0 Å². The lowest BCUT2D eigenvalue weighted by molar-refractivity contribution is -0.123. The summed E-state index contributed by atoms with van der Waals surface area (Å²) < 4.78 is 0. The van der Waals surface area contributed by atoms with E-state index in [9.17, 15) is 4.79 Å². The van der Waals surface area contributed by atoms with Crippen molar-refractivity contribution < 1.29 is 4.79 Å². The van der Waals surface area contributed by atoms with Gasteiger partial charge in [0.1, 0.15) is 0 Å². The van der Waals surface area contributed by atoms with Gasteiger partial charge in [-0.05, 0) is 36.8 Å². The molecule has 3 N–H and O–H groups in total. The number of nitrogens with two attached hydrogens (primary N) is 1. The van der Waals surface area contributed by atoms with Gasteiger partial charge in [-0.15, -0.1) is 0 Å². The van der Waals surface area contributed by atoms with Gasteiger partial charge in [-0.3, -0.25) is 4.79 Å². The highest BCUT2D eigenvalue weighted by molar-refractivity contribution is 5.97. The lowest BCUT2D eigenvalue weighted by Gasteiger charge is -2.21. The minimum atomic E-state index is -0.550. The third-order valence-electron chi connectivity index (χ3n) is 3.13. The van der Waals surface area contributed by atoms with Crippen molar-refractivity contribution in [3.8, 4) is 0 Å². The van der Waals surface area contributed by atoms with Crippen LogP contribution in [0.5, 0.6) is 0 Å². The first-order chi connectivity index (χ1) is 8.53. The van der Waals surface area contributed by atoms with Gasteiger partial charge in [-0.25, -0.2) is 0 Å². The standard InChI is InChI=1S/C15H18N2O/c1-15(2,10-16)14(18)17-13-8-7-11-5-3-4-6-12(11)9-13/h3-9H,10,16H2,1-2H3,(H,17,18). The fourth-order valence-corrected chi connectivity index (χ4v) is 1.66. The average Bonchev–Trinajstić information content (AvgIpc) is 2.38. The van der Waals surface area contributed by atoms with Crippen LogP contribution in [0.2, 0.25) is 0 Å². The number of amides is 1. The number of carbonyl (C=O) groups is 1. The molecule has 1 amide bonds. The number of nitrogens with one attached hydrogen (secondary N) is 1. The Kier molecular flexibility index (Phi) is 3.34. The number of benzene rings is 2. The number of fused-ring (bicyclic) bond motifs is 1. The van der Waals surface area contributed by atoms with Crippen molar-refractivity contribution in [2.75, 3.05) is 11.9 Å². The largest absolute Gasteiger partial charge is 0.329 e. The summed E-state index contributed by atoms with van der Waals surface area (Å²) in [5.41, 5.74) is 5.85. The lowest BCUT2D eigenvalue weighted by Crippen LogP contribution is -2.37. The van der Waals surface area contributed by atoms with Gasteiger partial charge in [0.15, 0.2) is 0 Å². The predicted molar refractivity (Wildman–Crippen MR) is 75.4 cm³/mol. The number of carbonyl (C=O) groups excluding carboxylic acids is 1. The summed E-state index contributed by atoms with van der Waals surface area (Å²) >= 11 is 0. The fourth-order valence-electron chi connectivity index (χ4n) is 1.66. The van der Waals surface area contributed by atoms with Gasteiger partial charge in [0, 0.05) is 12.2 Å². The highest BCUT2D eigenvalue weighted by Gasteiger charge is 2.25. The van der Waals surface area contributed by atoms with Crippen LogP contribution in [0, 0.1) is 5.41 Å². The van der Waals surface area contributed by atoms with E-state index < -0.39 is 5.41 Å². The lowest BCUT2D eigenvalue weighted by atomic mass is 9.92. The molecule has 0 saturated carbocycles. The molecule has 0 radical (unpaired) electrons. The molecule has 0 saturated heterocycles. The Morgan fingerprint density at radius 2 is 1.83 bits per heavy atom. The summed E-state index contributed by atoms with van der Waals surface area (Å²) in [6.07, 6.45) is 0.